The first-order valence-electron chi connectivity index (χ1n) is 8.42. The lowest BCUT2D eigenvalue weighted by atomic mass is 10.2. The minimum atomic E-state index is 0.391. The standard InChI is InChI=1S/C18H29N3O3/c1-19-18(20-10-9-15-6-5-11-24-15)21(2)13-14-7-8-16(22-3)12-17(14)23-4/h7-8,12,15H,5-6,9-11,13H2,1-4H3,(H,19,20). The Morgan fingerprint density at radius 2 is 2.21 bits per heavy atom. The van der Waals surface area contributed by atoms with Gasteiger partial charge in [0.25, 0.3) is 0 Å². The van der Waals surface area contributed by atoms with Crippen molar-refractivity contribution in [1.82, 2.24) is 10.2 Å². The van der Waals surface area contributed by atoms with Crippen molar-refractivity contribution >= 4 is 5.96 Å². The molecule has 6 heteroatoms. The first-order valence-corrected chi connectivity index (χ1v) is 8.42. The van der Waals surface area contributed by atoms with E-state index in [1.54, 1.807) is 21.3 Å². The van der Waals surface area contributed by atoms with Crippen molar-refractivity contribution in [2.24, 2.45) is 4.99 Å². The molecule has 0 radical (unpaired) electrons. The number of methoxy groups -OCH3 is 2. The summed E-state index contributed by atoms with van der Waals surface area (Å²) in [5, 5.41) is 3.41. The van der Waals surface area contributed by atoms with Gasteiger partial charge < -0.3 is 24.4 Å². The molecule has 0 aromatic heterocycles. The number of benzene rings is 1. The highest BCUT2D eigenvalue weighted by Gasteiger charge is 2.16. The van der Waals surface area contributed by atoms with E-state index in [0.29, 0.717) is 12.6 Å². The lowest BCUT2D eigenvalue weighted by molar-refractivity contribution is 0.105. The lowest BCUT2D eigenvalue weighted by Gasteiger charge is -2.23. The molecule has 1 atom stereocenters. The van der Waals surface area contributed by atoms with Gasteiger partial charge in [0, 0.05) is 45.4 Å². The van der Waals surface area contributed by atoms with Gasteiger partial charge in [0.2, 0.25) is 0 Å². The van der Waals surface area contributed by atoms with Crippen LogP contribution in [0.4, 0.5) is 0 Å². The molecule has 0 aliphatic carbocycles. The Morgan fingerprint density at radius 3 is 2.83 bits per heavy atom. The molecular weight excluding hydrogens is 306 g/mol. The van der Waals surface area contributed by atoms with Crippen LogP contribution >= 0.6 is 0 Å². The second-order valence-electron chi connectivity index (χ2n) is 5.93. The van der Waals surface area contributed by atoms with Gasteiger partial charge >= 0.3 is 0 Å². The van der Waals surface area contributed by atoms with E-state index in [1.807, 2.05) is 25.2 Å². The minimum absolute atomic E-state index is 0.391. The molecule has 1 unspecified atom stereocenters. The van der Waals surface area contributed by atoms with Crippen molar-refractivity contribution in [3.8, 4) is 11.5 Å². The molecule has 24 heavy (non-hydrogen) atoms. The Labute approximate surface area is 144 Å². The molecule has 1 heterocycles. The summed E-state index contributed by atoms with van der Waals surface area (Å²) in [5.74, 6) is 2.47. The smallest absolute Gasteiger partial charge is 0.193 e. The Morgan fingerprint density at radius 1 is 1.38 bits per heavy atom. The van der Waals surface area contributed by atoms with Crippen molar-refractivity contribution < 1.29 is 14.2 Å². The van der Waals surface area contributed by atoms with Crippen LogP contribution in [0.1, 0.15) is 24.8 Å². The molecular formula is C18H29N3O3. The van der Waals surface area contributed by atoms with E-state index in [-0.39, 0.29) is 0 Å². The summed E-state index contributed by atoms with van der Waals surface area (Å²) in [6, 6.07) is 5.87. The summed E-state index contributed by atoms with van der Waals surface area (Å²) >= 11 is 0. The van der Waals surface area contributed by atoms with Crippen molar-refractivity contribution in [2.45, 2.75) is 31.9 Å². The Kier molecular flexibility index (Phi) is 7.18. The number of hydrogen-bond donors (Lipinski definition) is 1. The summed E-state index contributed by atoms with van der Waals surface area (Å²) in [7, 11) is 7.15. The van der Waals surface area contributed by atoms with Crippen molar-refractivity contribution in [3.05, 3.63) is 23.8 Å². The highest BCUT2D eigenvalue weighted by atomic mass is 16.5. The molecule has 1 N–H and O–H groups in total. The number of ether oxygens (including phenoxy) is 3. The molecule has 0 saturated carbocycles. The van der Waals surface area contributed by atoms with Crippen LogP contribution in [0.25, 0.3) is 0 Å². The summed E-state index contributed by atoms with van der Waals surface area (Å²) in [5.41, 5.74) is 1.09. The van der Waals surface area contributed by atoms with Gasteiger partial charge in [-0.25, -0.2) is 0 Å². The fourth-order valence-corrected chi connectivity index (χ4v) is 2.91. The topological polar surface area (TPSA) is 55.3 Å². The molecule has 1 aliphatic rings. The molecule has 0 spiro atoms. The largest absolute Gasteiger partial charge is 0.497 e. The van der Waals surface area contributed by atoms with E-state index in [4.69, 9.17) is 14.2 Å². The first-order chi connectivity index (χ1) is 11.7. The molecule has 1 aromatic rings. The molecule has 0 amide bonds. The van der Waals surface area contributed by atoms with Crippen LogP contribution < -0.4 is 14.8 Å². The van der Waals surface area contributed by atoms with Crippen LogP contribution in [0.3, 0.4) is 0 Å². The molecule has 134 valence electrons. The van der Waals surface area contributed by atoms with Crippen LogP contribution in [-0.2, 0) is 11.3 Å². The van der Waals surface area contributed by atoms with Gasteiger partial charge in [-0.05, 0) is 31.4 Å². The molecule has 0 bridgehead atoms. The van der Waals surface area contributed by atoms with E-state index in [9.17, 15) is 0 Å². The van der Waals surface area contributed by atoms with Gasteiger partial charge in [0.05, 0.1) is 20.3 Å². The minimum Gasteiger partial charge on any atom is -0.497 e. The Bertz CT molecular complexity index is 542. The molecule has 1 aliphatic heterocycles. The zero-order valence-corrected chi connectivity index (χ0v) is 15.2. The zero-order valence-electron chi connectivity index (χ0n) is 15.2. The SMILES string of the molecule is CN=C(NCCC1CCCO1)N(C)Cc1ccc(OC)cc1OC. The van der Waals surface area contributed by atoms with Crippen molar-refractivity contribution in [3.63, 3.8) is 0 Å². The number of rotatable bonds is 7. The normalized spacial score (nSPS) is 17.7. The molecule has 1 aromatic carbocycles. The zero-order chi connectivity index (χ0) is 17.4. The van der Waals surface area contributed by atoms with E-state index in [0.717, 1.165) is 42.6 Å². The van der Waals surface area contributed by atoms with E-state index >= 15 is 0 Å². The second kappa shape index (κ2) is 9.37. The number of aliphatic imine (C=N–C) groups is 1. The number of hydrogen-bond acceptors (Lipinski definition) is 4. The maximum absolute atomic E-state index is 5.65. The molecule has 2 rings (SSSR count). The van der Waals surface area contributed by atoms with E-state index in [2.05, 4.69) is 15.2 Å². The van der Waals surface area contributed by atoms with Gasteiger partial charge in [-0.3, -0.25) is 4.99 Å². The predicted molar refractivity (Wildman–Crippen MR) is 96.0 cm³/mol. The Balaban J connectivity index is 1.90. The van der Waals surface area contributed by atoms with Gasteiger partial charge in [-0.2, -0.15) is 0 Å². The van der Waals surface area contributed by atoms with Crippen LogP contribution in [0.2, 0.25) is 0 Å². The number of nitrogens with one attached hydrogen (secondary N) is 1. The average molecular weight is 335 g/mol. The van der Waals surface area contributed by atoms with Gasteiger partial charge in [-0.15, -0.1) is 0 Å². The monoisotopic (exact) mass is 335 g/mol. The summed E-state index contributed by atoms with van der Waals surface area (Å²) < 4.78 is 16.4. The third-order valence-corrected chi connectivity index (χ3v) is 4.25. The number of guanidine groups is 1. The molecule has 6 nitrogen and oxygen atoms in total. The van der Waals surface area contributed by atoms with Gasteiger partial charge in [0.1, 0.15) is 11.5 Å². The summed E-state index contributed by atoms with van der Waals surface area (Å²) in [6.45, 7) is 2.46. The van der Waals surface area contributed by atoms with Crippen molar-refractivity contribution in [1.29, 1.82) is 0 Å². The van der Waals surface area contributed by atoms with Crippen LogP contribution in [0.15, 0.2) is 23.2 Å². The van der Waals surface area contributed by atoms with Crippen LogP contribution in [0.5, 0.6) is 11.5 Å². The van der Waals surface area contributed by atoms with Crippen molar-refractivity contribution in [2.75, 3.05) is 41.5 Å². The highest BCUT2D eigenvalue weighted by molar-refractivity contribution is 5.79. The highest BCUT2D eigenvalue weighted by Crippen LogP contribution is 2.25. The van der Waals surface area contributed by atoms with Crippen LogP contribution in [-0.4, -0.2) is 58.4 Å². The fourth-order valence-electron chi connectivity index (χ4n) is 2.91. The fraction of sp³-hybridized carbons (Fsp3) is 0.611. The van der Waals surface area contributed by atoms with Gasteiger partial charge in [-0.1, -0.05) is 0 Å². The molecule has 1 saturated heterocycles. The predicted octanol–water partition coefficient (Wildman–Crippen LogP) is 2.28. The van der Waals surface area contributed by atoms with Gasteiger partial charge in [0.15, 0.2) is 5.96 Å². The molecule has 1 fully saturated rings. The Hall–Kier alpha value is -1.95. The van der Waals surface area contributed by atoms with Crippen LogP contribution in [0, 0.1) is 0 Å². The van der Waals surface area contributed by atoms with E-state index < -0.39 is 0 Å². The summed E-state index contributed by atoms with van der Waals surface area (Å²) in [4.78, 5) is 6.45. The third kappa shape index (κ3) is 5.03. The lowest BCUT2D eigenvalue weighted by Crippen LogP contribution is -2.39. The maximum Gasteiger partial charge on any atom is 0.193 e. The average Bonchev–Trinajstić information content (AvgIpc) is 3.12. The number of nitrogens with zero attached hydrogens (tertiary/aromatic N) is 2. The first kappa shape index (κ1) is 18.4. The third-order valence-electron chi connectivity index (χ3n) is 4.25. The second-order valence-corrected chi connectivity index (χ2v) is 5.93. The van der Waals surface area contributed by atoms with E-state index in [1.165, 1.54) is 12.8 Å². The summed E-state index contributed by atoms with van der Waals surface area (Å²) in [6.07, 6.45) is 3.75. The maximum atomic E-state index is 5.65. The quantitative estimate of drug-likeness (QED) is 0.612.